The second kappa shape index (κ2) is 8.04. The van der Waals surface area contributed by atoms with Crippen molar-refractivity contribution in [3.8, 4) is 11.5 Å². The van der Waals surface area contributed by atoms with Gasteiger partial charge in [0.25, 0.3) is 0 Å². The van der Waals surface area contributed by atoms with Crippen molar-refractivity contribution in [3.63, 3.8) is 0 Å². The normalized spacial score (nSPS) is 16.6. The summed E-state index contributed by atoms with van der Waals surface area (Å²) in [5.74, 6) is -0.309. The van der Waals surface area contributed by atoms with Gasteiger partial charge in [0.2, 0.25) is 0 Å². The zero-order valence-electron chi connectivity index (χ0n) is 15.9. The van der Waals surface area contributed by atoms with Crippen LogP contribution in [0.5, 0.6) is 11.5 Å². The standard InChI is InChI=1S/C21H22N2O5/c1-4-28-20(25)17-18(14-10-11-15(24)16(12-14)27-3)22-21(26)23(2)19(17)13-8-6-5-7-9-13/h5-12,18,24H,4H2,1-3H3,(H,22,26)/t18-/m1/s1. The number of carbonyl (C=O) groups excluding carboxylic acids is 2. The number of nitrogens with one attached hydrogen (secondary N) is 1. The SMILES string of the molecule is CCOC(=O)C1=C(c2ccccc2)N(C)C(=O)N[C@@H]1c1ccc(O)c(OC)c1. The van der Waals surface area contributed by atoms with Gasteiger partial charge in [-0.05, 0) is 30.2 Å². The second-order valence-electron chi connectivity index (χ2n) is 6.22. The number of phenolic OH excluding ortho intramolecular Hbond substituents is 1. The predicted octanol–water partition coefficient (Wildman–Crippen LogP) is 3.07. The summed E-state index contributed by atoms with van der Waals surface area (Å²) in [6, 6.07) is 12.8. The molecule has 0 radical (unpaired) electrons. The third-order valence-electron chi connectivity index (χ3n) is 4.53. The number of hydrogen-bond donors (Lipinski definition) is 2. The summed E-state index contributed by atoms with van der Waals surface area (Å²) in [6.07, 6.45) is 0. The Labute approximate surface area is 163 Å². The van der Waals surface area contributed by atoms with Gasteiger partial charge in [-0.15, -0.1) is 0 Å². The van der Waals surface area contributed by atoms with Crippen molar-refractivity contribution in [2.45, 2.75) is 13.0 Å². The van der Waals surface area contributed by atoms with Crippen molar-refractivity contribution in [3.05, 3.63) is 65.2 Å². The van der Waals surface area contributed by atoms with Crippen LogP contribution >= 0.6 is 0 Å². The highest BCUT2D eigenvalue weighted by atomic mass is 16.5. The summed E-state index contributed by atoms with van der Waals surface area (Å²) >= 11 is 0. The Kier molecular flexibility index (Phi) is 5.54. The van der Waals surface area contributed by atoms with Crippen LogP contribution in [0.1, 0.15) is 24.1 Å². The van der Waals surface area contributed by atoms with Crippen LogP contribution < -0.4 is 10.1 Å². The molecule has 146 valence electrons. The van der Waals surface area contributed by atoms with Gasteiger partial charge in [0, 0.05) is 7.05 Å². The summed E-state index contributed by atoms with van der Waals surface area (Å²) in [5.41, 5.74) is 2.09. The first-order valence-electron chi connectivity index (χ1n) is 8.85. The van der Waals surface area contributed by atoms with Crippen molar-refractivity contribution in [2.75, 3.05) is 20.8 Å². The summed E-state index contributed by atoms with van der Waals surface area (Å²) < 4.78 is 10.5. The minimum absolute atomic E-state index is 0.0320. The van der Waals surface area contributed by atoms with Crippen LogP contribution in [0, 0.1) is 0 Å². The number of amides is 2. The maximum Gasteiger partial charge on any atom is 0.338 e. The Morgan fingerprint density at radius 3 is 2.57 bits per heavy atom. The number of urea groups is 1. The predicted molar refractivity (Wildman–Crippen MR) is 104 cm³/mol. The highest BCUT2D eigenvalue weighted by Crippen LogP contribution is 2.38. The number of phenols is 1. The zero-order valence-corrected chi connectivity index (χ0v) is 15.9. The maximum absolute atomic E-state index is 12.9. The molecule has 1 heterocycles. The van der Waals surface area contributed by atoms with E-state index in [0.717, 1.165) is 5.56 Å². The molecule has 28 heavy (non-hydrogen) atoms. The Balaban J connectivity index is 2.24. The Hall–Kier alpha value is -3.48. The number of esters is 1. The fraction of sp³-hybridized carbons (Fsp3) is 0.238. The molecule has 0 saturated carbocycles. The average Bonchev–Trinajstić information content (AvgIpc) is 2.70. The van der Waals surface area contributed by atoms with Crippen LogP contribution in [0.15, 0.2) is 54.1 Å². The van der Waals surface area contributed by atoms with E-state index in [-0.39, 0.29) is 24.1 Å². The molecule has 3 rings (SSSR count). The molecule has 7 nitrogen and oxygen atoms in total. The van der Waals surface area contributed by atoms with Crippen LogP contribution in [-0.4, -0.2) is 42.8 Å². The third-order valence-corrected chi connectivity index (χ3v) is 4.53. The minimum atomic E-state index is -0.757. The van der Waals surface area contributed by atoms with Gasteiger partial charge in [-0.1, -0.05) is 36.4 Å². The van der Waals surface area contributed by atoms with E-state index < -0.39 is 12.0 Å². The van der Waals surface area contributed by atoms with Gasteiger partial charge in [-0.2, -0.15) is 0 Å². The van der Waals surface area contributed by atoms with Gasteiger partial charge < -0.3 is 19.9 Å². The van der Waals surface area contributed by atoms with E-state index in [0.29, 0.717) is 16.8 Å². The molecule has 2 aromatic rings. The van der Waals surface area contributed by atoms with Gasteiger partial charge >= 0.3 is 12.0 Å². The highest BCUT2D eigenvalue weighted by molar-refractivity contribution is 6.04. The molecule has 0 saturated heterocycles. The number of rotatable bonds is 5. The summed E-state index contributed by atoms with van der Waals surface area (Å²) in [4.78, 5) is 27.0. The third kappa shape index (κ3) is 3.51. The molecule has 0 aliphatic carbocycles. The van der Waals surface area contributed by atoms with E-state index >= 15 is 0 Å². The lowest BCUT2D eigenvalue weighted by Gasteiger charge is -2.34. The number of hydrogen-bond acceptors (Lipinski definition) is 5. The molecule has 0 spiro atoms. The molecule has 1 aliphatic rings. The van der Waals surface area contributed by atoms with Gasteiger partial charge in [0.05, 0.1) is 31.0 Å². The molecular formula is C21H22N2O5. The number of benzene rings is 2. The van der Waals surface area contributed by atoms with Gasteiger partial charge in [-0.3, -0.25) is 4.90 Å². The van der Waals surface area contributed by atoms with Crippen LogP contribution in [-0.2, 0) is 9.53 Å². The second-order valence-corrected chi connectivity index (χ2v) is 6.22. The van der Waals surface area contributed by atoms with E-state index in [1.165, 1.54) is 18.1 Å². The van der Waals surface area contributed by atoms with Crippen molar-refractivity contribution in [1.82, 2.24) is 10.2 Å². The van der Waals surface area contributed by atoms with E-state index in [9.17, 15) is 14.7 Å². The first kappa shape index (κ1) is 19.3. The van der Waals surface area contributed by atoms with E-state index in [4.69, 9.17) is 9.47 Å². The first-order chi connectivity index (χ1) is 13.5. The van der Waals surface area contributed by atoms with Crippen molar-refractivity contribution >= 4 is 17.7 Å². The van der Waals surface area contributed by atoms with Crippen LogP contribution in [0.3, 0.4) is 0 Å². The van der Waals surface area contributed by atoms with Crippen molar-refractivity contribution in [2.24, 2.45) is 0 Å². The lowest BCUT2D eigenvalue weighted by molar-refractivity contribution is -0.138. The summed E-state index contributed by atoms with van der Waals surface area (Å²) in [6.45, 7) is 1.93. The number of carbonyl (C=O) groups is 2. The quantitative estimate of drug-likeness (QED) is 0.776. The smallest absolute Gasteiger partial charge is 0.338 e. The van der Waals surface area contributed by atoms with Crippen LogP contribution in [0.2, 0.25) is 0 Å². The minimum Gasteiger partial charge on any atom is -0.504 e. The molecule has 0 unspecified atom stereocenters. The molecule has 0 aromatic heterocycles. The number of ether oxygens (including phenoxy) is 2. The molecule has 0 bridgehead atoms. The van der Waals surface area contributed by atoms with Gasteiger partial charge in [-0.25, -0.2) is 9.59 Å². The Morgan fingerprint density at radius 2 is 1.93 bits per heavy atom. The lowest BCUT2D eigenvalue weighted by atomic mass is 9.91. The molecule has 1 aliphatic heterocycles. The molecular weight excluding hydrogens is 360 g/mol. The van der Waals surface area contributed by atoms with E-state index in [2.05, 4.69) is 5.32 Å². The molecule has 2 amide bonds. The topological polar surface area (TPSA) is 88.1 Å². The largest absolute Gasteiger partial charge is 0.504 e. The summed E-state index contributed by atoms with van der Waals surface area (Å²) in [5, 5.41) is 12.7. The van der Waals surface area contributed by atoms with Crippen molar-refractivity contribution in [1.29, 1.82) is 0 Å². The van der Waals surface area contributed by atoms with E-state index in [1.807, 2.05) is 30.3 Å². The van der Waals surface area contributed by atoms with Crippen LogP contribution in [0.4, 0.5) is 4.79 Å². The molecule has 1 atom stereocenters. The molecule has 2 aromatic carbocycles. The average molecular weight is 382 g/mol. The van der Waals surface area contributed by atoms with Gasteiger partial charge in [0.15, 0.2) is 11.5 Å². The molecule has 7 heteroatoms. The fourth-order valence-electron chi connectivity index (χ4n) is 3.20. The first-order valence-corrected chi connectivity index (χ1v) is 8.85. The van der Waals surface area contributed by atoms with Gasteiger partial charge in [0.1, 0.15) is 0 Å². The highest BCUT2D eigenvalue weighted by Gasteiger charge is 2.37. The lowest BCUT2D eigenvalue weighted by Crippen LogP contribution is -2.46. The summed E-state index contributed by atoms with van der Waals surface area (Å²) in [7, 11) is 3.04. The Bertz CT molecular complexity index is 924. The van der Waals surface area contributed by atoms with Crippen LogP contribution in [0.25, 0.3) is 5.70 Å². The van der Waals surface area contributed by atoms with E-state index in [1.54, 1.807) is 26.1 Å². The molecule has 2 N–H and O–H groups in total. The number of aromatic hydroxyl groups is 1. The monoisotopic (exact) mass is 382 g/mol. The number of nitrogens with zero attached hydrogens (tertiary/aromatic N) is 1. The van der Waals surface area contributed by atoms with Crippen molar-refractivity contribution < 1.29 is 24.2 Å². The zero-order chi connectivity index (χ0) is 20.3. The Morgan fingerprint density at radius 1 is 1.21 bits per heavy atom. The number of methoxy groups -OCH3 is 1. The molecule has 0 fully saturated rings. The maximum atomic E-state index is 12.9. The fourth-order valence-corrected chi connectivity index (χ4v) is 3.20.